The van der Waals surface area contributed by atoms with Crippen LogP contribution in [0.3, 0.4) is 0 Å². The molecule has 5 rings (SSSR count). The minimum Gasteiger partial charge on any atom is -0.497 e. The van der Waals surface area contributed by atoms with Gasteiger partial charge in [-0.3, -0.25) is 9.59 Å². The number of aromatic amines is 1. The molecule has 1 N–H and O–H groups in total. The molecule has 3 heterocycles. The van der Waals surface area contributed by atoms with E-state index in [0.29, 0.717) is 9.64 Å². The number of fused-ring (bicyclic) bond motifs is 2. The number of ether oxygens (including phenoxy) is 1. The maximum absolute atomic E-state index is 13.6. The molecule has 0 bridgehead atoms. The normalized spacial score (nSPS) is 22.7. The molecule has 1 fully saturated rings. The number of aromatic nitrogens is 1. The van der Waals surface area contributed by atoms with E-state index >= 15 is 0 Å². The lowest BCUT2D eigenvalue weighted by atomic mass is 9.83. The average Bonchev–Trinajstić information content (AvgIpc) is 3.24. The summed E-state index contributed by atoms with van der Waals surface area (Å²) in [5.41, 5.74) is 2.68. The van der Waals surface area contributed by atoms with Crippen molar-refractivity contribution >= 4 is 52.8 Å². The first-order chi connectivity index (χ1) is 14.5. The number of H-pyrrole nitrogens is 1. The van der Waals surface area contributed by atoms with Crippen molar-refractivity contribution in [1.82, 2.24) is 4.98 Å². The van der Waals surface area contributed by atoms with E-state index in [0.717, 1.165) is 26.8 Å². The van der Waals surface area contributed by atoms with Crippen molar-refractivity contribution in [1.29, 1.82) is 0 Å². The van der Waals surface area contributed by atoms with Crippen LogP contribution in [0.15, 0.2) is 53.6 Å². The molecule has 2 amide bonds. The number of methoxy groups -OCH3 is 1. The molecule has 0 spiro atoms. The van der Waals surface area contributed by atoms with Gasteiger partial charge in [-0.2, -0.15) is 0 Å². The van der Waals surface area contributed by atoms with E-state index in [4.69, 9.17) is 17.0 Å². The van der Waals surface area contributed by atoms with Crippen molar-refractivity contribution in [3.63, 3.8) is 0 Å². The molecule has 0 saturated carbocycles. The summed E-state index contributed by atoms with van der Waals surface area (Å²) in [6.45, 7) is 1.98. The number of thiazole rings is 1. The summed E-state index contributed by atoms with van der Waals surface area (Å²) in [7, 11) is 1.62. The molecule has 2 aliphatic rings. The third kappa shape index (κ3) is 3.02. The van der Waals surface area contributed by atoms with Crippen LogP contribution in [0.5, 0.6) is 5.75 Å². The minimum atomic E-state index is -0.487. The molecular weight excluding hydrogens is 436 g/mol. The SMILES string of the molecule is COc1ccc([C@@H]2c3sc(=S)[nH]c3S[C@H]3C(=O)N(c4ccc(C)cc4)C(=O)[C@H]23)cc1. The second-order valence-electron chi connectivity index (χ2n) is 7.37. The van der Waals surface area contributed by atoms with E-state index in [9.17, 15) is 9.59 Å². The zero-order valence-electron chi connectivity index (χ0n) is 16.2. The fraction of sp³-hybridized carbons (Fsp3) is 0.227. The highest BCUT2D eigenvalue weighted by Crippen LogP contribution is 2.54. The largest absolute Gasteiger partial charge is 0.497 e. The van der Waals surface area contributed by atoms with Crippen molar-refractivity contribution < 1.29 is 14.3 Å². The quantitative estimate of drug-likeness (QED) is 0.450. The molecule has 1 aromatic heterocycles. The Morgan fingerprint density at radius 3 is 2.40 bits per heavy atom. The van der Waals surface area contributed by atoms with Gasteiger partial charge in [-0.1, -0.05) is 41.6 Å². The van der Waals surface area contributed by atoms with Gasteiger partial charge < -0.3 is 9.72 Å². The van der Waals surface area contributed by atoms with E-state index in [-0.39, 0.29) is 17.7 Å². The van der Waals surface area contributed by atoms with E-state index < -0.39 is 11.2 Å². The van der Waals surface area contributed by atoms with Crippen molar-refractivity contribution in [3.05, 3.63) is 68.5 Å². The first-order valence-electron chi connectivity index (χ1n) is 9.46. The number of rotatable bonds is 3. The molecule has 2 aromatic carbocycles. The highest BCUT2D eigenvalue weighted by atomic mass is 32.2. The van der Waals surface area contributed by atoms with Gasteiger partial charge in [-0.15, -0.1) is 11.3 Å². The zero-order valence-corrected chi connectivity index (χ0v) is 18.7. The fourth-order valence-electron chi connectivity index (χ4n) is 4.14. The Labute approximate surface area is 187 Å². The Morgan fingerprint density at radius 2 is 1.73 bits per heavy atom. The number of thioether (sulfide) groups is 1. The van der Waals surface area contributed by atoms with Crippen LogP contribution in [0.4, 0.5) is 5.69 Å². The predicted octanol–water partition coefficient (Wildman–Crippen LogP) is 4.92. The van der Waals surface area contributed by atoms with E-state index in [1.807, 2.05) is 55.5 Å². The van der Waals surface area contributed by atoms with Crippen LogP contribution in [-0.4, -0.2) is 29.2 Å². The fourth-order valence-corrected chi connectivity index (χ4v) is 7.10. The van der Waals surface area contributed by atoms with Gasteiger partial charge in [0.15, 0.2) is 3.95 Å². The lowest BCUT2D eigenvalue weighted by Gasteiger charge is -2.30. The van der Waals surface area contributed by atoms with Crippen molar-refractivity contribution in [2.24, 2.45) is 5.92 Å². The van der Waals surface area contributed by atoms with Crippen molar-refractivity contribution in [3.8, 4) is 5.75 Å². The number of nitrogens with zero attached hydrogens (tertiary/aromatic N) is 1. The summed E-state index contributed by atoms with van der Waals surface area (Å²) in [4.78, 5) is 32.5. The van der Waals surface area contributed by atoms with Gasteiger partial charge in [0, 0.05) is 10.8 Å². The number of hydrogen-bond donors (Lipinski definition) is 1. The number of amides is 2. The summed E-state index contributed by atoms with van der Waals surface area (Å²) in [6, 6.07) is 15.2. The summed E-state index contributed by atoms with van der Waals surface area (Å²) in [6.07, 6.45) is 0. The van der Waals surface area contributed by atoms with Crippen LogP contribution in [-0.2, 0) is 9.59 Å². The zero-order chi connectivity index (χ0) is 21.0. The second-order valence-corrected chi connectivity index (χ2v) is 10.2. The standard InChI is InChI=1S/C22H18N2O3S3/c1-11-3-7-13(8-4-11)24-20(25)16-15(12-5-9-14(27-2)10-6-12)17-19(23-22(28)30-17)29-18(16)21(24)26/h3-10,15-16,18H,1-2H3,(H,23,28)/t15-,16+,18+/m0/s1. The van der Waals surface area contributed by atoms with Crippen LogP contribution >= 0.6 is 35.3 Å². The highest BCUT2D eigenvalue weighted by molar-refractivity contribution is 8.01. The molecule has 0 aliphatic carbocycles. The number of hydrogen-bond acceptors (Lipinski definition) is 6. The third-order valence-corrected chi connectivity index (χ3v) is 8.34. The van der Waals surface area contributed by atoms with Gasteiger partial charge in [0.1, 0.15) is 11.0 Å². The molecule has 3 aromatic rings. The average molecular weight is 455 g/mol. The summed E-state index contributed by atoms with van der Waals surface area (Å²) < 4.78 is 5.94. The van der Waals surface area contributed by atoms with Crippen molar-refractivity contribution in [2.45, 2.75) is 23.1 Å². The Morgan fingerprint density at radius 1 is 1.03 bits per heavy atom. The van der Waals surface area contributed by atoms with Crippen LogP contribution in [0, 0.1) is 16.8 Å². The third-order valence-electron chi connectivity index (χ3n) is 5.59. The molecule has 2 aliphatic heterocycles. The molecule has 152 valence electrons. The van der Waals surface area contributed by atoms with Gasteiger partial charge in [0.25, 0.3) is 0 Å². The minimum absolute atomic E-state index is 0.160. The first-order valence-corrected chi connectivity index (χ1v) is 11.6. The van der Waals surface area contributed by atoms with E-state index in [1.165, 1.54) is 28.0 Å². The molecule has 3 atom stereocenters. The smallest absolute Gasteiger partial charge is 0.248 e. The van der Waals surface area contributed by atoms with Gasteiger partial charge >= 0.3 is 0 Å². The lowest BCUT2D eigenvalue weighted by molar-refractivity contribution is -0.122. The number of imide groups is 1. The second kappa shape index (κ2) is 7.37. The van der Waals surface area contributed by atoms with Crippen LogP contribution in [0.2, 0.25) is 0 Å². The number of aryl methyl sites for hydroxylation is 1. The van der Waals surface area contributed by atoms with Gasteiger partial charge in [0.2, 0.25) is 11.8 Å². The van der Waals surface area contributed by atoms with Crippen LogP contribution < -0.4 is 9.64 Å². The van der Waals surface area contributed by atoms with Gasteiger partial charge in [-0.05, 0) is 49.0 Å². The number of benzene rings is 2. The summed E-state index contributed by atoms with van der Waals surface area (Å²) in [5.74, 6) is -0.300. The number of carbonyl (C=O) groups is 2. The number of anilines is 1. The molecule has 8 heteroatoms. The monoisotopic (exact) mass is 454 g/mol. The van der Waals surface area contributed by atoms with Gasteiger partial charge in [0.05, 0.1) is 23.7 Å². The Balaban J connectivity index is 1.63. The van der Waals surface area contributed by atoms with E-state index in [2.05, 4.69) is 4.98 Å². The predicted molar refractivity (Wildman–Crippen MR) is 121 cm³/mol. The van der Waals surface area contributed by atoms with Crippen molar-refractivity contribution in [2.75, 3.05) is 12.0 Å². The Kier molecular flexibility index (Phi) is 4.80. The summed E-state index contributed by atoms with van der Waals surface area (Å²) >= 11 is 8.27. The Hall–Kier alpha value is -2.42. The molecule has 0 unspecified atom stereocenters. The summed E-state index contributed by atoms with van der Waals surface area (Å²) in [5, 5.41) is 0.401. The number of carbonyl (C=O) groups excluding carboxylic acids is 2. The van der Waals surface area contributed by atoms with Crippen LogP contribution in [0.25, 0.3) is 0 Å². The van der Waals surface area contributed by atoms with Gasteiger partial charge in [-0.25, -0.2) is 4.90 Å². The first kappa shape index (κ1) is 19.5. The topological polar surface area (TPSA) is 62.4 Å². The molecule has 0 radical (unpaired) electrons. The molecule has 1 saturated heterocycles. The lowest BCUT2D eigenvalue weighted by Crippen LogP contribution is -2.32. The maximum Gasteiger partial charge on any atom is 0.248 e. The molecular formula is C22H18N2O3S3. The molecule has 5 nitrogen and oxygen atoms in total. The van der Waals surface area contributed by atoms with E-state index in [1.54, 1.807) is 7.11 Å². The highest BCUT2D eigenvalue weighted by Gasteiger charge is 2.56. The maximum atomic E-state index is 13.6. The van der Waals surface area contributed by atoms with Crippen LogP contribution in [0.1, 0.15) is 21.9 Å². The number of nitrogens with one attached hydrogen (secondary N) is 1. The Bertz CT molecular complexity index is 1200. The molecule has 30 heavy (non-hydrogen) atoms.